The van der Waals surface area contributed by atoms with Gasteiger partial charge in [-0.2, -0.15) is 0 Å². The number of halogens is 1. The van der Waals surface area contributed by atoms with Crippen LogP contribution in [-0.2, 0) is 13.0 Å². The Morgan fingerprint density at radius 1 is 1.18 bits per heavy atom. The van der Waals surface area contributed by atoms with E-state index in [2.05, 4.69) is 43.1 Å². The third-order valence-electron chi connectivity index (χ3n) is 3.64. The Hall–Kier alpha value is -0.570. The summed E-state index contributed by atoms with van der Waals surface area (Å²) < 4.78 is 0. The van der Waals surface area contributed by atoms with Gasteiger partial charge in [-0.25, -0.2) is 0 Å². The van der Waals surface area contributed by atoms with Crippen LogP contribution in [0.25, 0.3) is 0 Å². The molecule has 0 aliphatic heterocycles. The van der Waals surface area contributed by atoms with Crippen LogP contribution in [0.3, 0.4) is 0 Å². The Morgan fingerprint density at radius 2 is 1.71 bits per heavy atom. The summed E-state index contributed by atoms with van der Waals surface area (Å²) in [5.41, 5.74) is 8.63. The van der Waals surface area contributed by atoms with Crippen molar-refractivity contribution in [1.82, 2.24) is 4.90 Å². The van der Waals surface area contributed by atoms with E-state index in [9.17, 15) is 0 Å². The average Bonchev–Trinajstić information content (AvgIpc) is 2.26. The van der Waals surface area contributed by atoms with E-state index >= 15 is 0 Å². The van der Waals surface area contributed by atoms with Crippen LogP contribution < -0.4 is 5.73 Å². The Bertz CT molecular complexity index is 331. The first-order valence-electron chi connectivity index (χ1n) is 6.22. The molecule has 1 fully saturated rings. The van der Waals surface area contributed by atoms with Crippen LogP contribution in [0, 0.1) is 0 Å². The highest BCUT2D eigenvalue weighted by atomic mass is 35.5. The van der Waals surface area contributed by atoms with Crippen LogP contribution >= 0.6 is 12.4 Å². The van der Waals surface area contributed by atoms with Crippen molar-refractivity contribution in [2.24, 2.45) is 5.73 Å². The first kappa shape index (κ1) is 14.5. The molecule has 2 N–H and O–H groups in total. The van der Waals surface area contributed by atoms with Crippen molar-refractivity contribution < 1.29 is 0 Å². The first-order chi connectivity index (χ1) is 7.69. The number of nitrogens with zero attached hydrogens (tertiary/aromatic N) is 1. The van der Waals surface area contributed by atoms with Gasteiger partial charge < -0.3 is 5.73 Å². The summed E-state index contributed by atoms with van der Waals surface area (Å²) in [5, 5.41) is 0. The van der Waals surface area contributed by atoms with E-state index in [0.717, 1.165) is 25.8 Å². The van der Waals surface area contributed by atoms with Crippen molar-refractivity contribution in [1.29, 1.82) is 0 Å². The SMILES string of the molecule is CCc1ccc(CN(C)C2CC(N)C2)cc1.Cl. The molecule has 1 aliphatic rings. The van der Waals surface area contributed by atoms with Crippen molar-refractivity contribution in [3.05, 3.63) is 35.4 Å². The molecule has 0 radical (unpaired) electrons. The van der Waals surface area contributed by atoms with E-state index in [1.54, 1.807) is 0 Å². The Labute approximate surface area is 111 Å². The van der Waals surface area contributed by atoms with Gasteiger partial charge in [0.15, 0.2) is 0 Å². The fourth-order valence-corrected chi connectivity index (χ4v) is 2.29. The number of hydrogen-bond donors (Lipinski definition) is 1. The smallest absolute Gasteiger partial charge is 0.0233 e. The topological polar surface area (TPSA) is 29.3 Å². The molecular weight excluding hydrogens is 232 g/mol. The predicted octanol–water partition coefficient (Wildman–Crippen LogP) is 2.59. The van der Waals surface area contributed by atoms with Crippen LogP contribution in [0.15, 0.2) is 24.3 Å². The predicted molar refractivity (Wildman–Crippen MR) is 75.5 cm³/mol. The van der Waals surface area contributed by atoms with Crippen molar-refractivity contribution in [2.75, 3.05) is 7.05 Å². The summed E-state index contributed by atoms with van der Waals surface area (Å²) >= 11 is 0. The maximum absolute atomic E-state index is 5.81. The van der Waals surface area contributed by atoms with E-state index in [-0.39, 0.29) is 12.4 Å². The van der Waals surface area contributed by atoms with Crippen LogP contribution in [0.1, 0.15) is 30.9 Å². The van der Waals surface area contributed by atoms with Gasteiger partial charge in [-0.3, -0.25) is 4.90 Å². The van der Waals surface area contributed by atoms with Crippen LogP contribution in [0.4, 0.5) is 0 Å². The molecule has 0 atom stereocenters. The molecule has 0 saturated heterocycles. The van der Waals surface area contributed by atoms with Gasteiger partial charge in [0.1, 0.15) is 0 Å². The fraction of sp³-hybridized carbons (Fsp3) is 0.571. The average molecular weight is 255 g/mol. The highest BCUT2D eigenvalue weighted by Crippen LogP contribution is 2.24. The number of rotatable bonds is 4. The molecule has 2 nitrogen and oxygen atoms in total. The molecule has 1 aliphatic carbocycles. The molecule has 1 aromatic rings. The lowest BCUT2D eigenvalue weighted by Crippen LogP contribution is -2.48. The summed E-state index contributed by atoms with van der Waals surface area (Å²) in [6.07, 6.45) is 3.43. The lowest BCUT2D eigenvalue weighted by atomic mass is 9.86. The standard InChI is InChI=1S/C14H22N2.ClH/c1-3-11-4-6-12(7-5-11)10-16(2)14-8-13(15)9-14;/h4-7,13-14H,3,8-10,15H2,1-2H3;1H. The van der Waals surface area contributed by atoms with Crippen molar-refractivity contribution >= 4 is 12.4 Å². The minimum atomic E-state index is 0. The molecule has 0 bridgehead atoms. The van der Waals surface area contributed by atoms with Gasteiger partial charge in [-0.15, -0.1) is 12.4 Å². The van der Waals surface area contributed by atoms with Gasteiger partial charge >= 0.3 is 0 Å². The summed E-state index contributed by atoms with van der Waals surface area (Å²) in [7, 11) is 2.20. The Kier molecular flexibility index (Phi) is 5.44. The van der Waals surface area contributed by atoms with E-state index in [1.807, 2.05) is 0 Å². The second-order valence-corrected chi connectivity index (χ2v) is 4.97. The molecule has 0 unspecified atom stereocenters. The van der Waals surface area contributed by atoms with E-state index < -0.39 is 0 Å². The molecule has 1 saturated carbocycles. The van der Waals surface area contributed by atoms with Gasteiger partial charge in [0, 0.05) is 18.6 Å². The summed E-state index contributed by atoms with van der Waals surface area (Å²) in [4.78, 5) is 2.42. The molecule has 0 aromatic heterocycles. The second-order valence-electron chi connectivity index (χ2n) is 4.97. The molecule has 96 valence electrons. The van der Waals surface area contributed by atoms with Gasteiger partial charge in [0.25, 0.3) is 0 Å². The van der Waals surface area contributed by atoms with E-state index in [0.29, 0.717) is 12.1 Å². The fourth-order valence-electron chi connectivity index (χ4n) is 2.29. The molecule has 2 rings (SSSR count). The molecule has 1 aromatic carbocycles. The normalized spacial score (nSPS) is 23.1. The van der Waals surface area contributed by atoms with Crippen molar-refractivity contribution in [3.63, 3.8) is 0 Å². The Morgan fingerprint density at radius 3 is 2.18 bits per heavy atom. The first-order valence-corrected chi connectivity index (χ1v) is 6.22. The summed E-state index contributed by atoms with van der Waals surface area (Å²) in [6.45, 7) is 3.23. The largest absolute Gasteiger partial charge is 0.328 e. The summed E-state index contributed by atoms with van der Waals surface area (Å²) in [5.74, 6) is 0. The zero-order valence-corrected chi connectivity index (χ0v) is 11.5. The highest BCUT2D eigenvalue weighted by molar-refractivity contribution is 5.85. The molecule has 0 spiro atoms. The van der Waals surface area contributed by atoms with Crippen molar-refractivity contribution in [3.8, 4) is 0 Å². The van der Waals surface area contributed by atoms with E-state index in [1.165, 1.54) is 11.1 Å². The van der Waals surface area contributed by atoms with Gasteiger partial charge in [0.2, 0.25) is 0 Å². The number of nitrogens with two attached hydrogens (primary N) is 1. The third kappa shape index (κ3) is 3.70. The molecular formula is C14H23ClN2. The minimum Gasteiger partial charge on any atom is -0.328 e. The lowest BCUT2D eigenvalue weighted by molar-refractivity contribution is 0.132. The van der Waals surface area contributed by atoms with Crippen molar-refractivity contribution in [2.45, 2.75) is 44.8 Å². The zero-order valence-electron chi connectivity index (χ0n) is 10.7. The zero-order chi connectivity index (χ0) is 11.5. The van der Waals surface area contributed by atoms with E-state index in [4.69, 9.17) is 5.73 Å². The maximum atomic E-state index is 5.81. The highest BCUT2D eigenvalue weighted by Gasteiger charge is 2.28. The summed E-state index contributed by atoms with van der Waals surface area (Å²) in [6, 6.07) is 10.1. The molecule has 17 heavy (non-hydrogen) atoms. The van der Waals surface area contributed by atoms with Gasteiger partial charge in [-0.1, -0.05) is 31.2 Å². The number of aryl methyl sites for hydroxylation is 1. The minimum absolute atomic E-state index is 0. The molecule has 0 heterocycles. The lowest BCUT2D eigenvalue weighted by Gasteiger charge is -2.39. The van der Waals surface area contributed by atoms with Gasteiger partial charge in [-0.05, 0) is 37.4 Å². The van der Waals surface area contributed by atoms with Crippen LogP contribution in [0.2, 0.25) is 0 Å². The quantitative estimate of drug-likeness (QED) is 0.895. The van der Waals surface area contributed by atoms with Gasteiger partial charge in [0.05, 0.1) is 0 Å². The molecule has 0 amide bonds. The van der Waals surface area contributed by atoms with Crippen LogP contribution in [0.5, 0.6) is 0 Å². The Balaban J connectivity index is 0.00000144. The molecule has 3 heteroatoms. The maximum Gasteiger partial charge on any atom is 0.0233 e. The second kappa shape index (κ2) is 6.39. The number of benzene rings is 1. The number of hydrogen-bond acceptors (Lipinski definition) is 2. The van der Waals surface area contributed by atoms with Crippen LogP contribution in [-0.4, -0.2) is 24.0 Å². The monoisotopic (exact) mass is 254 g/mol. The third-order valence-corrected chi connectivity index (χ3v) is 3.64.